The van der Waals surface area contributed by atoms with E-state index in [0.29, 0.717) is 0 Å². The maximum Gasteiger partial charge on any atom is 0.624 e. The Kier molecular flexibility index (Phi) is 17.1. The predicted molar refractivity (Wildman–Crippen MR) is 237 cm³/mol. The Labute approximate surface area is 361 Å². The van der Waals surface area contributed by atoms with Crippen LogP contribution in [0, 0.1) is 11.3 Å². The molecule has 0 saturated carbocycles. The molecule has 11 nitrogen and oxygen atoms in total. The minimum absolute atomic E-state index is 0.0983. The van der Waals surface area contributed by atoms with E-state index in [0.717, 1.165) is 69.0 Å². The third kappa shape index (κ3) is 10.8. The number of quaternary nitrogens is 2. The summed E-state index contributed by atoms with van der Waals surface area (Å²) >= 11 is 3.09. The Bertz CT molecular complexity index is 1640. The molecule has 326 valence electrons. The van der Waals surface area contributed by atoms with Crippen molar-refractivity contribution < 1.29 is 46.6 Å². The fourth-order valence-electron chi connectivity index (χ4n) is 9.71. The number of fused-ring (bicyclic) bond motifs is 2. The molecule has 0 atom stereocenters. The summed E-state index contributed by atoms with van der Waals surface area (Å²) in [6, 6.07) is 6.15. The van der Waals surface area contributed by atoms with Crippen molar-refractivity contribution in [2.75, 3.05) is 40.3 Å². The zero-order chi connectivity index (χ0) is 42.5. The molecule has 59 heavy (non-hydrogen) atoms. The highest BCUT2D eigenvalue weighted by Crippen LogP contribution is 2.42. The number of nitrogens with zero attached hydrogens (tertiary/aromatic N) is 3. The third-order valence-corrected chi connectivity index (χ3v) is 15.8. The van der Waals surface area contributed by atoms with Crippen molar-refractivity contribution in [2.24, 2.45) is 0 Å². The number of hydrogen-bond acceptors (Lipinski definition) is 11. The Balaban J connectivity index is 0.00000214. The number of hydrogen-bond donors (Lipinski definition) is 0. The molecule has 4 aliphatic heterocycles. The topological polar surface area (TPSA) is 129 Å². The lowest BCUT2D eigenvalue weighted by molar-refractivity contribution is -0.791. The van der Waals surface area contributed by atoms with Gasteiger partial charge in [0.25, 0.3) is 0 Å². The third-order valence-electron chi connectivity index (χ3n) is 13.0. The second kappa shape index (κ2) is 21.6. The number of carbonyl (C=O) groups is 4. The number of unbranched alkanes of at least 4 members (excludes halogenated alkanes) is 18. The number of thiophene rings is 2. The molecule has 0 amide bonds. The van der Waals surface area contributed by atoms with Crippen molar-refractivity contribution in [3.63, 3.8) is 0 Å². The molecule has 0 spiro atoms. The summed E-state index contributed by atoms with van der Waals surface area (Å²) in [5.41, 5.74) is 2.13. The van der Waals surface area contributed by atoms with E-state index in [1.165, 1.54) is 110 Å². The van der Waals surface area contributed by atoms with Crippen molar-refractivity contribution >= 4 is 69.5 Å². The lowest BCUT2D eigenvalue weighted by Crippen LogP contribution is -2.67. The van der Waals surface area contributed by atoms with Gasteiger partial charge in [-0.15, -0.1) is 0 Å². The molecule has 6 heterocycles. The van der Waals surface area contributed by atoms with Crippen LogP contribution in [-0.4, -0.2) is 86.3 Å². The Morgan fingerprint density at radius 1 is 0.525 bits per heavy atom. The van der Waals surface area contributed by atoms with Crippen molar-refractivity contribution in [2.45, 2.75) is 162 Å². The van der Waals surface area contributed by atoms with Gasteiger partial charge in [0.2, 0.25) is 0 Å². The van der Waals surface area contributed by atoms with Crippen LogP contribution in [-0.2, 0) is 50.6 Å². The second-order valence-electron chi connectivity index (χ2n) is 18.0. The highest BCUT2D eigenvalue weighted by Gasteiger charge is 2.69. The first-order valence-corrected chi connectivity index (χ1v) is 24.4. The van der Waals surface area contributed by atoms with Gasteiger partial charge in [-0.25, -0.2) is 0 Å². The molecular formula is C44H69B2N3O8S2. The van der Waals surface area contributed by atoms with Gasteiger partial charge in [-0.3, -0.25) is 19.2 Å². The standard InChI is InChI=1S/C42H66B2N2O8S2.C2H3N/c1-5-7-9-11-13-15-17-19-21-23-25-33-27-35(55-41(33)43-45(3,29-37(47)51-43)30-38(48)52-43)36-28-34(26-24-22-20-18-16-14-12-10-8-6-2)42(56-36)44-46(4,31-39(49)53-44)32-40(50)54-44;1-2-3/h27-28H,5-26,29-32H2,1-4H3;1H3. The summed E-state index contributed by atoms with van der Waals surface area (Å²) in [6.07, 6.45) is 26.3. The molecule has 0 bridgehead atoms. The predicted octanol–water partition coefficient (Wildman–Crippen LogP) is 8.35. The smallest absolute Gasteiger partial charge is 0.596 e. The van der Waals surface area contributed by atoms with E-state index in [9.17, 15) is 19.2 Å². The van der Waals surface area contributed by atoms with Crippen LogP contribution in [0.1, 0.15) is 160 Å². The van der Waals surface area contributed by atoms with Gasteiger partial charge in [0.1, 0.15) is 26.2 Å². The maximum absolute atomic E-state index is 12.9. The Morgan fingerprint density at radius 3 is 1.05 bits per heavy atom. The van der Waals surface area contributed by atoms with Crippen LogP contribution in [0.4, 0.5) is 0 Å². The molecule has 4 saturated heterocycles. The van der Waals surface area contributed by atoms with E-state index < -0.39 is 13.4 Å². The van der Waals surface area contributed by atoms with Gasteiger partial charge in [0, 0.05) is 40.3 Å². The van der Waals surface area contributed by atoms with E-state index in [1.807, 2.05) is 14.1 Å². The van der Waals surface area contributed by atoms with E-state index >= 15 is 0 Å². The van der Waals surface area contributed by atoms with Crippen molar-refractivity contribution in [1.82, 2.24) is 0 Å². The summed E-state index contributed by atoms with van der Waals surface area (Å²) in [7, 11) is 3.80. The Hall–Kier alpha value is -3.18. The SMILES string of the molecule is CC#N.CCCCCCCCCCCCc1cc(-c2cc(CCCCCCCCCCCC)c([B-]34OC(=O)C[N+]3(C)CC(=O)O4)s2)sc1[B-]12OC(=O)C[N+]1(C)CC(=O)O2. The van der Waals surface area contributed by atoms with Gasteiger partial charge in [0.05, 0.1) is 6.07 Å². The first-order valence-electron chi connectivity index (χ1n) is 22.8. The largest absolute Gasteiger partial charge is 0.624 e. The second-order valence-corrected chi connectivity index (χ2v) is 20.1. The molecule has 4 fully saturated rings. The van der Waals surface area contributed by atoms with Gasteiger partial charge in [-0.05, 0) is 37.8 Å². The van der Waals surface area contributed by atoms with E-state index in [4.69, 9.17) is 23.9 Å². The molecule has 0 aromatic carbocycles. The van der Waals surface area contributed by atoms with E-state index in [2.05, 4.69) is 26.0 Å². The van der Waals surface area contributed by atoms with Crippen LogP contribution in [0.5, 0.6) is 0 Å². The van der Waals surface area contributed by atoms with Crippen LogP contribution in [0.25, 0.3) is 9.75 Å². The highest BCUT2D eigenvalue weighted by molar-refractivity contribution is 7.32. The molecule has 2 aromatic heterocycles. The molecule has 0 unspecified atom stereocenters. The first kappa shape index (κ1) is 46.9. The summed E-state index contributed by atoms with van der Waals surface area (Å²) in [6.45, 7) is 1.54. The summed E-state index contributed by atoms with van der Waals surface area (Å²) < 4.78 is 26.3. The number of nitriles is 1. The van der Waals surface area contributed by atoms with Gasteiger partial charge >= 0.3 is 37.3 Å². The molecule has 15 heteroatoms. The lowest BCUT2D eigenvalue weighted by Gasteiger charge is -2.39. The zero-order valence-electron chi connectivity index (χ0n) is 36.6. The lowest BCUT2D eigenvalue weighted by atomic mass is 9.65. The average Bonchev–Trinajstić information content (AvgIpc) is 3.98. The van der Waals surface area contributed by atoms with Gasteiger partial charge in [-0.1, -0.05) is 141 Å². The first-order chi connectivity index (χ1) is 28.4. The van der Waals surface area contributed by atoms with Crippen molar-refractivity contribution in [3.8, 4) is 15.8 Å². The minimum Gasteiger partial charge on any atom is -0.596 e. The molecular weight excluding hydrogens is 784 g/mol. The van der Waals surface area contributed by atoms with Crippen molar-refractivity contribution in [1.29, 1.82) is 5.26 Å². The maximum atomic E-state index is 12.9. The molecule has 0 aliphatic carbocycles. The number of rotatable bonds is 25. The molecule has 0 N–H and O–H groups in total. The number of likely N-dealkylation sites (N-methyl/N-ethyl adjacent to an activating group) is 2. The van der Waals surface area contributed by atoms with Crippen molar-refractivity contribution in [3.05, 3.63) is 23.3 Å². The summed E-state index contributed by atoms with van der Waals surface area (Å²) in [5, 5.41) is 7.32. The zero-order valence-corrected chi connectivity index (χ0v) is 38.3. The fourth-order valence-corrected chi connectivity index (χ4v) is 12.7. The quantitative estimate of drug-likeness (QED) is 0.0715. The molecule has 4 aliphatic rings. The minimum atomic E-state index is -2.39. The monoisotopic (exact) mass is 853 g/mol. The van der Waals surface area contributed by atoms with E-state index in [1.54, 1.807) is 28.7 Å². The van der Waals surface area contributed by atoms with Gasteiger partial charge in [0.15, 0.2) is 0 Å². The number of aryl methyl sites for hydroxylation is 2. The van der Waals surface area contributed by atoms with Crippen LogP contribution in [0.2, 0.25) is 0 Å². The highest BCUT2D eigenvalue weighted by atomic mass is 32.1. The molecule has 2 aromatic rings. The summed E-state index contributed by atoms with van der Waals surface area (Å²) in [5.74, 6) is -1.38. The average molecular weight is 854 g/mol. The van der Waals surface area contributed by atoms with Gasteiger partial charge < -0.3 is 27.4 Å². The summed E-state index contributed by atoms with van der Waals surface area (Å²) in [4.78, 5) is 53.6. The van der Waals surface area contributed by atoms with Crippen LogP contribution in [0.15, 0.2) is 12.1 Å². The van der Waals surface area contributed by atoms with Gasteiger partial charge in [-0.2, -0.15) is 27.9 Å². The number of carbonyl (C=O) groups excluding carboxylic acids is 4. The van der Waals surface area contributed by atoms with Crippen LogP contribution < -0.4 is 9.55 Å². The fraction of sp³-hybridized carbons (Fsp3) is 0.705. The normalized spacial score (nSPS) is 25.5. The van der Waals surface area contributed by atoms with Crippen LogP contribution in [0.3, 0.4) is 0 Å². The Morgan fingerprint density at radius 2 is 0.780 bits per heavy atom. The molecule has 0 radical (unpaired) electrons. The van der Waals surface area contributed by atoms with E-state index in [-0.39, 0.29) is 58.8 Å². The molecule has 6 rings (SSSR count). The van der Waals surface area contributed by atoms with Crippen LogP contribution >= 0.6 is 22.7 Å².